The van der Waals surface area contributed by atoms with Crippen LogP contribution in [0.1, 0.15) is 18.2 Å². The van der Waals surface area contributed by atoms with E-state index in [4.69, 9.17) is 0 Å². The lowest BCUT2D eigenvalue weighted by molar-refractivity contribution is -0.154. The van der Waals surface area contributed by atoms with E-state index in [0.29, 0.717) is 19.1 Å². The highest BCUT2D eigenvalue weighted by Crippen LogP contribution is 2.33. The number of rotatable bonds is 7. The average Bonchev–Trinajstić information content (AvgIpc) is 2.58. The lowest BCUT2D eigenvalue weighted by atomic mass is 10.2. The Balaban J connectivity index is 2.16. The van der Waals surface area contributed by atoms with Crippen LogP contribution in [0.4, 0.5) is 46.6 Å². The first-order valence-electron chi connectivity index (χ1n) is 7.99. The number of nitrogens with one attached hydrogen (secondary N) is 2. The standard InChI is InChI=1S/C17H14F8N4O/c1-9(27-11-3-4-12(26-7-11)15(2,18)19)28-13-5-10(17(23,24)25)6-14(29-13)30-8-16(20,21)22/h3-7,27H,1,8H2,2H3,(H,28,29). The van der Waals surface area contributed by atoms with Crippen molar-refractivity contribution in [3.63, 3.8) is 0 Å². The van der Waals surface area contributed by atoms with Crippen molar-refractivity contribution in [1.29, 1.82) is 0 Å². The predicted octanol–water partition coefficient (Wildman–Crippen LogP) is 5.54. The van der Waals surface area contributed by atoms with E-state index < -0.39 is 47.8 Å². The maximum Gasteiger partial charge on any atom is 0.422 e. The third-order valence-electron chi connectivity index (χ3n) is 3.30. The van der Waals surface area contributed by atoms with Crippen LogP contribution in [0.5, 0.6) is 5.88 Å². The SMILES string of the molecule is C=C(Nc1ccc(C(C)(F)F)nc1)Nc1cc(C(F)(F)F)cc(OCC(F)(F)F)n1. The number of alkyl halides is 8. The smallest absolute Gasteiger partial charge is 0.422 e. The molecule has 2 aromatic heterocycles. The van der Waals surface area contributed by atoms with Crippen LogP contribution < -0.4 is 15.4 Å². The fourth-order valence-electron chi connectivity index (χ4n) is 2.05. The molecule has 0 aliphatic carbocycles. The van der Waals surface area contributed by atoms with Gasteiger partial charge in [0.25, 0.3) is 5.92 Å². The van der Waals surface area contributed by atoms with Crippen molar-refractivity contribution in [2.75, 3.05) is 17.2 Å². The molecular weight excluding hydrogens is 428 g/mol. The summed E-state index contributed by atoms with van der Waals surface area (Å²) in [4.78, 5) is 7.07. The molecule has 13 heteroatoms. The third-order valence-corrected chi connectivity index (χ3v) is 3.30. The van der Waals surface area contributed by atoms with Crippen LogP contribution in [0.15, 0.2) is 42.9 Å². The van der Waals surface area contributed by atoms with E-state index in [9.17, 15) is 35.1 Å². The highest BCUT2D eigenvalue weighted by Gasteiger charge is 2.33. The quantitative estimate of drug-likeness (QED) is 0.552. The minimum Gasteiger partial charge on any atom is -0.468 e. The summed E-state index contributed by atoms with van der Waals surface area (Å²) in [6.07, 6.45) is -8.62. The van der Waals surface area contributed by atoms with Crippen molar-refractivity contribution in [3.8, 4) is 5.88 Å². The van der Waals surface area contributed by atoms with Crippen molar-refractivity contribution in [2.24, 2.45) is 0 Å². The van der Waals surface area contributed by atoms with Gasteiger partial charge in [0.1, 0.15) is 17.3 Å². The summed E-state index contributed by atoms with van der Waals surface area (Å²) in [6, 6.07) is 3.11. The van der Waals surface area contributed by atoms with Gasteiger partial charge < -0.3 is 15.4 Å². The topological polar surface area (TPSA) is 59.1 Å². The van der Waals surface area contributed by atoms with Crippen LogP contribution in [-0.4, -0.2) is 22.8 Å². The van der Waals surface area contributed by atoms with E-state index >= 15 is 0 Å². The van der Waals surface area contributed by atoms with Gasteiger partial charge in [-0.15, -0.1) is 0 Å². The van der Waals surface area contributed by atoms with Crippen LogP contribution in [-0.2, 0) is 12.1 Å². The number of anilines is 2. The Bertz CT molecular complexity index is 889. The van der Waals surface area contributed by atoms with Gasteiger partial charge in [-0.2, -0.15) is 40.1 Å². The molecule has 0 atom stereocenters. The Morgan fingerprint density at radius 1 is 1.03 bits per heavy atom. The Labute approximate surface area is 164 Å². The number of hydrogen-bond donors (Lipinski definition) is 2. The predicted molar refractivity (Wildman–Crippen MR) is 91.0 cm³/mol. The summed E-state index contributed by atoms with van der Waals surface area (Å²) in [5.74, 6) is -4.73. The molecule has 0 aliphatic heterocycles. The number of ether oxygens (including phenoxy) is 1. The van der Waals surface area contributed by atoms with Gasteiger partial charge in [0.2, 0.25) is 5.88 Å². The molecule has 0 saturated carbocycles. The van der Waals surface area contributed by atoms with E-state index in [2.05, 4.69) is 31.9 Å². The zero-order valence-electron chi connectivity index (χ0n) is 15.1. The minimum atomic E-state index is -4.88. The van der Waals surface area contributed by atoms with E-state index in [-0.39, 0.29) is 11.5 Å². The van der Waals surface area contributed by atoms with Gasteiger partial charge in [-0.05, 0) is 18.2 Å². The second-order valence-corrected chi connectivity index (χ2v) is 6.03. The zero-order chi connectivity index (χ0) is 22.7. The molecule has 164 valence electrons. The van der Waals surface area contributed by atoms with Crippen molar-refractivity contribution < 1.29 is 39.9 Å². The Hall–Kier alpha value is -3.12. The van der Waals surface area contributed by atoms with Gasteiger partial charge in [-0.25, -0.2) is 0 Å². The highest BCUT2D eigenvalue weighted by atomic mass is 19.4. The highest BCUT2D eigenvalue weighted by molar-refractivity contribution is 5.53. The molecule has 0 radical (unpaired) electrons. The molecule has 0 spiro atoms. The second-order valence-electron chi connectivity index (χ2n) is 6.03. The number of halogens is 8. The molecule has 30 heavy (non-hydrogen) atoms. The van der Waals surface area contributed by atoms with Crippen LogP contribution in [0.25, 0.3) is 0 Å². The van der Waals surface area contributed by atoms with E-state index in [1.807, 2.05) is 0 Å². The van der Waals surface area contributed by atoms with E-state index in [1.165, 1.54) is 6.07 Å². The lowest BCUT2D eigenvalue weighted by Gasteiger charge is -2.16. The Morgan fingerprint density at radius 2 is 1.70 bits per heavy atom. The molecule has 5 nitrogen and oxygen atoms in total. The third kappa shape index (κ3) is 7.04. The molecule has 2 rings (SSSR count). The summed E-state index contributed by atoms with van der Waals surface area (Å²) >= 11 is 0. The normalized spacial score (nSPS) is 12.4. The fraction of sp³-hybridized carbons (Fsp3) is 0.294. The summed E-state index contributed by atoms with van der Waals surface area (Å²) in [5, 5.41) is 4.88. The Morgan fingerprint density at radius 3 is 2.20 bits per heavy atom. The van der Waals surface area contributed by atoms with Gasteiger partial charge in [-0.3, -0.25) is 4.98 Å². The summed E-state index contributed by atoms with van der Waals surface area (Å²) in [5.41, 5.74) is -1.64. The molecular formula is C17H14F8N4O. The van der Waals surface area contributed by atoms with Gasteiger partial charge in [0, 0.05) is 13.0 Å². The lowest BCUT2D eigenvalue weighted by Crippen LogP contribution is -2.20. The largest absolute Gasteiger partial charge is 0.468 e. The monoisotopic (exact) mass is 442 g/mol. The first-order chi connectivity index (χ1) is 13.6. The number of pyridine rings is 2. The van der Waals surface area contributed by atoms with Crippen LogP contribution in [0.2, 0.25) is 0 Å². The van der Waals surface area contributed by atoms with Crippen LogP contribution >= 0.6 is 0 Å². The van der Waals surface area contributed by atoms with Crippen LogP contribution in [0, 0.1) is 0 Å². The minimum absolute atomic E-state index is 0.151. The molecule has 2 aromatic rings. The van der Waals surface area contributed by atoms with Gasteiger partial charge in [0.15, 0.2) is 6.61 Å². The summed E-state index contributed by atoms with van der Waals surface area (Å²) in [6.45, 7) is 2.30. The average molecular weight is 442 g/mol. The molecule has 0 fully saturated rings. The number of hydrogen-bond acceptors (Lipinski definition) is 5. The molecule has 0 amide bonds. The molecule has 0 aliphatic rings. The van der Waals surface area contributed by atoms with Crippen molar-refractivity contribution in [3.05, 3.63) is 54.1 Å². The molecule has 2 heterocycles. The first kappa shape index (κ1) is 23.2. The maximum absolute atomic E-state index is 13.1. The molecule has 0 bridgehead atoms. The first-order valence-corrected chi connectivity index (χ1v) is 7.99. The van der Waals surface area contributed by atoms with E-state index in [1.54, 1.807) is 0 Å². The second kappa shape index (κ2) is 8.32. The summed E-state index contributed by atoms with van der Waals surface area (Å²) < 4.78 is 106. The molecule has 2 N–H and O–H groups in total. The Kier molecular flexibility index (Phi) is 6.42. The van der Waals surface area contributed by atoms with Crippen molar-refractivity contribution in [1.82, 2.24) is 9.97 Å². The van der Waals surface area contributed by atoms with Crippen LogP contribution in [0.3, 0.4) is 0 Å². The van der Waals surface area contributed by atoms with Crippen molar-refractivity contribution >= 4 is 11.5 Å². The van der Waals surface area contributed by atoms with Gasteiger partial charge >= 0.3 is 12.4 Å². The molecule has 0 unspecified atom stereocenters. The molecule has 0 saturated heterocycles. The van der Waals surface area contributed by atoms with E-state index in [0.717, 1.165) is 12.3 Å². The van der Waals surface area contributed by atoms with Crippen molar-refractivity contribution in [2.45, 2.75) is 25.2 Å². The fourth-order valence-corrected chi connectivity index (χ4v) is 2.05. The maximum atomic E-state index is 13.1. The number of nitrogens with zero attached hydrogens (tertiary/aromatic N) is 2. The number of aromatic nitrogens is 2. The molecule has 0 aromatic carbocycles. The zero-order valence-corrected chi connectivity index (χ0v) is 15.1. The summed E-state index contributed by atoms with van der Waals surface area (Å²) in [7, 11) is 0. The van der Waals surface area contributed by atoms with Gasteiger partial charge in [0.05, 0.1) is 17.4 Å². The van der Waals surface area contributed by atoms with Gasteiger partial charge in [-0.1, -0.05) is 6.58 Å².